The number of anilines is 2. The Morgan fingerprint density at radius 2 is 1.70 bits per heavy atom. The minimum atomic E-state index is -0.287. The Hall–Kier alpha value is -3.54. The van der Waals surface area contributed by atoms with E-state index in [1.807, 2.05) is 49.4 Å². The van der Waals surface area contributed by atoms with Crippen LogP contribution in [0.2, 0.25) is 0 Å². The zero-order valence-electron chi connectivity index (χ0n) is 17.2. The third kappa shape index (κ3) is 5.50. The molecule has 0 aromatic heterocycles. The Kier molecular flexibility index (Phi) is 7.27. The standard InChI is InChI=1S/C24H26N2O4/c1-3-4-12-23(27)26-20-14-13-18(15-22(20)29-2)25-24(28)16-30-21-11-7-9-17-8-5-6-10-19(17)21/h5-11,13-15H,3-4,12,16H2,1-2H3,(H,25,28)(H,26,27). The van der Waals surface area contributed by atoms with Gasteiger partial charge in [0, 0.05) is 23.6 Å². The number of hydrogen-bond donors (Lipinski definition) is 2. The van der Waals surface area contributed by atoms with Crippen LogP contribution in [0.3, 0.4) is 0 Å². The molecule has 0 spiro atoms. The van der Waals surface area contributed by atoms with Crippen LogP contribution in [-0.2, 0) is 9.59 Å². The molecule has 6 heteroatoms. The molecule has 0 bridgehead atoms. The van der Waals surface area contributed by atoms with E-state index in [2.05, 4.69) is 10.6 Å². The van der Waals surface area contributed by atoms with Crippen LogP contribution >= 0.6 is 0 Å². The summed E-state index contributed by atoms with van der Waals surface area (Å²) in [4.78, 5) is 24.3. The molecule has 0 radical (unpaired) electrons. The lowest BCUT2D eigenvalue weighted by molar-refractivity contribution is -0.118. The SMILES string of the molecule is CCCCC(=O)Nc1ccc(NC(=O)COc2cccc3ccccc23)cc1OC. The lowest BCUT2D eigenvalue weighted by Crippen LogP contribution is -2.20. The molecule has 6 nitrogen and oxygen atoms in total. The predicted molar refractivity (Wildman–Crippen MR) is 119 cm³/mol. The van der Waals surface area contributed by atoms with Crippen molar-refractivity contribution in [2.45, 2.75) is 26.2 Å². The summed E-state index contributed by atoms with van der Waals surface area (Å²) < 4.78 is 11.1. The molecular weight excluding hydrogens is 380 g/mol. The van der Waals surface area contributed by atoms with Crippen molar-refractivity contribution >= 4 is 34.0 Å². The molecule has 3 rings (SSSR count). The fraction of sp³-hybridized carbons (Fsp3) is 0.250. The quantitative estimate of drug-likeness (QED) is 0.525. The average Bonchev–Trinajstić information content (AvgIpc) is 2.77. The molecule has 0 aliphatic carbocycles. The van der Waals surface area contributed by atoms with Crippen molar-refractivity contribution < 1.29 is 19.1 Å². The number of amides is 2. The Balaban J connectivity index is 1.61. The van der Waals surface area contributed by atoms with Crippen LogP contribution in [0, 0.1) is 0 Å². The molecule has 0 atom stereocenters. The summed E-state index contributed by atoms with van der Waals surface area (Å²) in [6.07, 6.45) is 2.25. The van der Waals surface area contributed by atoms with Gasteiger partial charge in [-0.1, -0.05) is 49.7 Å². The van der Waals surface area contributed by atoms with Crippen molar-refractivity contribution in [3.8, 4) is 11.5 Å². The lowest BCUT2D eigenvalue weighted by atomic mass is 10.1. The Labute approximate surface area is 176 Å². The van der Waals surface area contributed by atoms with Gasteiger partial charge in [0.25, 0.3) is 5.91 Å². The number of fused-ring (bicyclic) bond motifs is 1. The van der Waals surface area contributed by atoms with Crippen LogP contribution in [-0.4, -0.2) is 25.5 Å². The summed E-state index contributed by atoms with van der Waals surface area (Å²) in [7, 11) is 1.52. The second-order valence-corrected chi connectivity index (χ2v) is 6.88. The number of carbonyl (C=O) groups is 2. The topological polar surface area (TPSA) is 76.7 Å². The van der Waals surface area contributed by atoms with Gasteiger partial charge in [-0.05, 0) is 30.0 Å². The first-order valence-corrected chi connectivity index (χ1v) is 9.99. The molecule has 0 saturated carbocycles. The van der Waals surface area contributed by atoms with Crippen LogP contribution in [0.1, 0.15) is 26.2 Å². The van der Waals surface area contributed by atoms with Crippen LogP contribution in [0.4, 0.5) is 11.4 Å². The van der Waals surface area contributed by atoms with Gasteiger partial charge >= 0.3 is 0 Å². The number of carbonyl (C=O) groups excluding carboxylic acids is 2. The summed E-state index contributed by atoms with van der Waals surface area (Å²) in [5.41, 5.74) is 1.13. The van der Waals surface area contributed by atoms with E-state index in [-0.39, 0.29) is 18.4 Å². The van der Waals surface area contributed by atoms with E-state index in [0.29, 0.717) is 29.3 Å². The lowest BCUT2D eigenvalue weighted by Gasteiger charge is -2.13. The summed E-state index contributed by atoms with van der Waals surface area (Å²) in [6, 6.07) is 18.7. The zero-order valence-corrected chi connectivity index (χ0v) is 17.2. The van der Waals surface area contributed by atoms with Crippen molar-refractivity contribution in [2.75, 3.05) is 24.4 Å². The minimum absolute atomic E-state index is 0.0598. The van der Waals surface area contributed by atoms with E-state index in [1.165, 1.54) is 7.11 Å². The van der Waals surface area contributed by atoms with Gasteiger partial charge in [-0.3, -0.25) is 9.59 Å². The fourth-order valence-corrected chi connectivity index (χ4v) is 3.08. The average molecular weight is 406 g/mol. The number of methoxy groups -OCH3 is 1. The fourth-order valence-electron chi connectivity index (χ4n) is 3.08. The van der Waals surface area contributed by atoms with Gasteiger partial charge in [0.15, 0.2) is 6.61 Å². The van der Waals surface area contributed by atoms with Gasteiger partial charge in [0.1, 0.15) is 11.5 Å². The number of ether oxygens (including phenoxy) is 2. The smallest absolute Gasteiger partial charge is 0.262 e. The second kappa shape index (κ2) is 10.3. The van der Waals surface area contributed by atoms with E-state index in [9.17, 15) is 9.59 Å². The summed E-state index contributed by atoms with van der Waals surface area (Å²) >= 11 is 0. The highest BCUT2D eigenvalue weighted by molar-refractivity contribution is 5.95. The maximum atomic E-state index is 12.4. The van der Waals surface area contributed by atoms with Crippen molar-refractivity contribution in [2.24, 2.45) is 0 Å². The first-order valence-electron chi connectivity index (χ1n) is 9.99. The maximum Gasteiger partial charge on any atom is 0.262 e. The van der Waals surface area contributed by atoms with Gasteiger partial charge in [-0.25, -0.2) is 0 Å². The number of unbranched alkanes of at least 4 members (excludes halogenated alkanes) is 1. The molecule has 0 heterocycles. The molecular formula is C24H26N2O4. The third-order valence-electron chi connectivity index (χ3n) is 4.63. The molecule has 3 aromatic rings. The van der Waals surface area contributed by atoms with Crippen LogP contribution in [0.15, 0.2) is 60.7 Å². The van der Waals surface area contributed by atoms with Gasteiger partial charge in [-0.15, -0.1) is 0 Å². The molecule has 2 amide bonds. The summed E-state index contributed by atoms with van der Waals surface area (Å²) in [6.45, 7) is 1.92. The van der Waals surface area contributed by atoms with Crippen LogP contribution < -0.4 is 20.1 Å². The largest absolute Gasteiger partial charge is 0.494 e. The predicted octanol–water partition coefficient (Wildman–Crippen LogP) is 4.99. The molecule has 0 aliphatic rings. The number of nitrogens with one attached hydrogen (secondary N) is 2. The molecule has 0 aliphatic heterocycles. The molecule has 0 unspecified atom stereocenters. The monoisotopic (exact) mass is 406 g/mol. The van der Waals surface area contributed by atoms with Crippen molar-refractivity contribution in [1.29, 1.82) is 0 Å². The number of benzene rings is 3. The van der Waals surface area contributed by atoms with Crippen LogP contribution in [0.5, 0.6) is 11.5 Å². The van der Waals surface area contributed by atoms with E-state index in [1.54, 1.807) is 18.2 Å². The van der Waals surface area contributed by atoms with Crippen molar-refractivity contribution in [3.05, 3.63) is 60.7 Å². The number of rotatable bonds is 9. The Bertz CT molecular complexity index is 1030. The van der Waals surface area contributed by atoms with E-state index in [0.717, 1.165) is 23.6 Å². The summed E-state index contributed by atoms with van der Waals surface area (Å²) in [5.74, 6) is 0.790. The van der Waals surface area contributed by atoms with Crippen molar-refractivity contribution in [1.82, 2.24) is 0 Å². The molecule has 2 N–H and O–H groups in total. The van der Waals surface area contributed by atoms with Gasteiger partial charge in [0.2, 0.25) is 5.91 Å². The second-order valence-electron chi connectivity index (χ2n) is 6.88. The Morgan fingerprint density at radius 3 is 2.50 bits per heavy atom. The molecule has 3 aromatic carbocycles. The zero-order chi connectivity index (χ0) is 21.3. The molecule has 156 valence electrons. The molecule has 0 fully saturated rings. The van der Waals surface area contributed by atoms with E-state index < -0.39 is 0 Å². The van der Waals surface area contributed by atoms with Crippen molar-refractivity contribution in [3.63, 3.8) is 0 Å². The van der Waals surface area contributed by atoms with E-state index in [4.69, 9.17) is 9.47 Å². The molecule has 30 heavy (non-hydrogen) atoms. The van der Waals surface area contributed by atoms with E-state index >= 15 is 0 Å². The summed E-state index contributed by atoms with van der Waals surface area (Å²) in [5, 5.41) is 7.64. The first kappa shape index (κ1) is 21.2. The van der Waals surface area contributed by atoms with Gasteiger partial charge in [-0.2, -0.15) is 0 Å². The molecule has 0 saturated heterocycles. The minimum Gasteiger partial charge on any atom is -0.494 e. The highest BCUT2D eigenvalue weighted by Crippen LogP contribution is 2.28. The van der Waals surface area contributed by atoms with Crippen LogP contribution in [0.25, 0.3) is 10.8 Å². The normalized spacial score (nSPS) is 10.5. The van der Waals surface area contributed by atoms with Gasteiger partial charge in [0.05, 0.1) is 12.8 Å². The number of hydrogen-bond acceptors (Lipinski definition) is 4. The maximum absolute atomic E-state index is 12.4. The Morgan fingerprint density at radius 1 is 0.900 bits per heavy atom. The highest BCUT2D eigenvalue weighted by atomic mass is 16.5. The first-order chi connectivity index (χ1) is 14.6. The van der Waals surface area contributed by atoms with Gasteiger partial charge < -0.3 is 20.1 Å². The third-order valence-corrected chi connectivity index (χ3v) is 4.63. The highest BCUT2D eigenvalue weighted by Gasteiger charge is 2.11.